The van der Waals surface area contributed by atoms with Crippen molar-refractivity contribution in [3.8, 4) is 0 Å². The van der Waals surface area contributed by atoms with E-state index in [2.05, 4.69) is 29.4 Å². The van der Waals surface area contributed by atoms with Crippen molar-refractivity contribution in [2.45, 2.75) is 39.3 Å². The lowest BCUT2D eigenvalue weighted by Gasteiger charge is -2.28. The second kappa shape index (κ2) is 9.49. The molecule has 0 bridgehead atoms. The average Bonchev–Trinajstić information content (AvgIpc) is 3.15. The molecule has 2 aromatic rings. The normalized spacial score (nSPS) is 16.5. The lowest BCUT2D eigenvalue weighted by molar-refractivity contribution is 0.0895. The summed E-state index contributed by atoms with van der Waals surface area (Å²) in [4.78, 5) is 17.8. The molecule has 0 radical (unpaired) electrons. The quantitative estimate of drug-likeness (QED) is 0.547. The van der Waals surface area contributed by atoms with Crippen LogP contribution in [0.15, 0.2) is 23.0 Å². The Hall–Kier alpha value is -1.96. The number of pyridine rings is 1. The van der Waals surface area contributed by atoms with Gasteiger partial charge in [-0.2, -0.15) is 0 Å². The number of nitrogens with zero attached hydrogens (tertiary/aromatic N) is 1. The van der Waals surface area contributed by atoms with Crippen molar-refractivity contribution in [1.29, 1.82) is 0 Å². The zero-order valence-electron chi connectivity index (χ0n) is 16.8. The summed E-state index contributed by atoms with van der Waals surface area (Å²) in [6, 6.07) is 6.16. The van der Waals surface area contributed by atoms with Gasteiger partial charge in [0.05, 0.1) is 24.8 Å². The van der Waals surface area contributed by atoms with Gasteiger partial charge in [0.15, 0.2) is 5.11 Å². The largest absolute Gasteiger partial charge is 0.383 e. The monoisotopic (exact) mass is 403 g/mol. The molecule has 2 heterocycles. The maximum Gasteiger partial charge on any atom is 0.253 e. The lowest BCUT2D eigenvalue weighted by Crippen LogP contribution is -2.44. The van der Waals surface area contributed by atoms with Crippen LogP contribution in [0.4, 0.5) is 0 Å². The molecule has 0 aliphatic carbocycles. The number of ether oxygens (including phenoxy) is 2. The third-order valence-corrected chi connectivity index (χ3v) is 5.45. The number of aromatic nitrogens is 1. The van der Waals surface area contributed by atoms with Gasteiger partial charge in [-0.3, -0.25) is 4.79 Å². The van der Waals surface area contributed by atoms with Crippen LogP contribution in [0.3, 0.4) is 0 Å². The predicted molar refractivity (Wildman–Crippen MR) is 116 cm³/mol. The Morgan fingerprint density at radius 1 is 1.39 bits per heavy atom. The molecule has 7 heteroatoms. The van der Waals surface area contributed by atoms with Gasteiger partial charge in [-0.1, -0.05) is 11.6 Å². The van der Waals surface area contributed by atoms with Crippen LogP contribution >= 0.6 is 12.2 Å². The number of benzene rings is 1. The van der Waals surface area contributed by atoms with E-state index in [0.717, 1.165) is 35.9 Å². The number of fused-ring (bicyclic) bond motifs is 1. The fraction of sp³-hybridized carbons (Fsp3) is 0.524. The molecule has 1 saturated heterocycles. The van der Waals surface area contributed by atoms with Gasteiger partial charge in [-0.15, -0.1) is 0 Å². The number of hydrogen-bond acceptors (Lipinski definition) is 4. The second-order valence-corrected chi connectivity index (χ2v) is 7.80. The van der Waals surface area contributed by atoms with Crippen LogP contribution in [0.5, 0.6) is 0 Å². The van der Waals surface area contributed by atoms with Gasteiger partial charge in [0.2, 0.25) is 0 Å². The van der Waals surface area contributed by atoms with Crippen LogP contribution < -0.4 is 10.9 Å². The van der Waals surface area contributed by atoms with E-state index >= 15 is 0 Å². The molecule has 1 fully saturated rings. The molecule has 1 aromatic carbocycles. The van der Waals surface area contributed by atoms with Gasteiger partial charge in [0, 0.05) is 32.4 Å². The molecule has 3 rings (SSSR count). The molecular formula is C21H29N3O3S. The molecule has 0 amide bonds. The smallest absolute Gasteiger partial charge is 0.253 e. The lowest BCUT2D eigenvalue weighted by atomic mass is 10.1. The maximum atomic E-state index is 12.7. The van der Waals surface area contributed by atoms with Gasteiger partial charge in [0.1, 0.15) is 0 Å². The summed E-state index contributed by atoms with van der Waals surface area (Å²) in [5.74, 6) is 0. The first-order valence-electron chi connectivity index (χ1n) is 9.74. The summed E-state index contributed by atoms with van der Waals surface area (Å²) in [5.41, 5.74) is 3.77. The third-order valence-electron chi connectivity index (χ3n) is 5.05. The van der Waals surface area contributed by atoms with Gasteiger partial charge in [-0.05, 0) is 62.0 Å². The Morgan fingerprint density at radius 2 is 2.21 bits per heavy atom. The summed E-state index contributed by atoms with van der Waals surface area (Å²) in [7, 11) is 1.66. The van der Waals surface area contributed by atoms with Crippen molar-refractivity contribution < 1.29 is 9.47 Å². The van der Waals surface area contributed by atoms with Gasteiger partial charge in [0.25, 0.3) is 5.56 Å². The highest BCUT2D eigenvalue weighted by Gasteiger charge is 2.22. The van der Waals surface area contributed by atoms with Crippen LogP contribution in [0, 0.1) is 13.8 Å². The summed E-state index contributed by atoms with van der Waals surface area (Å²) in [6.45, 7) is 7.18. The molecule has 1 aliphatic heterocycles. The van der Waals surface area contributed by atoms with Gasteiger partial charge < -0.3 is 24.7 Å². The van der Waals surface area contributed by atoms with Crippen LogP contribution in [-0.4, -0.2) is 54.5 Å². The van der Waals surface area contributed by atoms with Crippen molar-refractivity contribution in [3.63, 3.8) is 0 Å². The molecular weight excluding hydrogens is 374 g/mol. The summed E-state index contributed by atoms with van der Waals surface area (Å²) in [6.07, 6.45) is 2.23. The molecule has 1 aromatic heterocycles. The van der Waals surface area contributed by atoms with Crippen molar-refractivity contribution >= 4 is 28.2 Å². The summed E-state index contributed by atoms with van der Waals surface area (Å²) >= 11 is 5.59. The molecule has 0 unspecified atom stereocenters. The Kier molecular flexibility index (Phi) is 7.04. The number of aryl methyl sites for hydroxylation is 2. The minimum Gasteiger partial charge on any atom is -0.383 e. The zero-order valence-corrected chi connectivity index (χ0v) is 17.7. The maximum absolute atomic E-state index is 12.7. The number of nitrogens with one attached hydrogen (secondary N) is 2. The number of aromatic amines is 1. The molecule has 6 nitrogen and oxygen atoms in total. The van der Waals surface area contributed by atoms with Gasteiger partial charge in [-0.25, -0.2) is 0 Å². The van der Waals surface area contributed by atoms with E-state index in [1.54, 1.807) is 7.11 Å². The molecule has 152 valence electrons. The number of H-pyrrole nitrogens is 1. The van der Waals surface area contributed by atoms with Gasteiger partial charge >= 0.3 is 0 Å². The minimum absolute atomic E-state index is 0.0727. The number of rotatable bonds is 7. The predicted octanol–water partition coefficient (Wildman–Crippen LogP) is 2.65. The zero-order chi connectivity index (χ0) is 20.1. The van der Waals surface area contributed by atoms with Crippen LogP contribution in [0.1, 0.15) is 29.5 Å². The first kappa shape index (κ1) is 20.8. The van der Waals surface area contributed by atoms with E-state index in [1.807, 2.05) is 17.9 Å². The third kappa shape index (κ3) is 5.10. The SMILES string of the molecule is COCCNC(=S)N(Cc1cc2cc(C)cc(C)c2[nH]c1=O)C[C@@H]1CCCO1. The highest BCUT2D eigenvalue weighted by molar-refractivity contribution is 7.80. The fourth-order valence-electron chi connectivity index (χ4n) is 3.68. The molecule has 28 heavy (non-hydrogen) atoms. The van der Waals surface area contributed by atoms with Crippen molar-refractivity contribution in [3.05, 3.63) is 45.2 Å². The summed E-state index contributed by atoms with van der Waals surface area (Å²) in [5, 5.41) is 4.88. The van der Waals surface area contributed by atoms with E-state index in [4.69, 9.17) is 21.7 Å². The topological polar surface area (TPSA) is 66.6 Å². The average molecular weight is 404 g/mol. The summed E-state index contributed by atoms with van der Waals surface area (Å²) < 4.78 is 10.9. The van der Waals surface area contributed by atoms with Crippen molar-refractivity contribution in [2.75, 3.05) is 33.4 Å². The van der Waals surface area contributed by atoms with Crippen molar-refractivity contribution in [1.82, 2.24) is 15.2 Å². The highest BCUT2D eigenvalue weighted by atomic mass is 32.1. The van der Waals surface area contributed by atoms with E-state index in [9.17, 15) is 4.79 Å². The van der Waals surface area contributed by atoms with E-state index in [1.165, 1.54) is 5.56 Å². The highest BCUT2D eigenvalue weighted by Crippen LogP contribution is 2.19. The van der Waals surface area contributed by atoms with E-state index < -0.39 is 0 Å². The number of thiocarbonyl (C=S) groups is 1. The number of hydrogen-bond donors (Lipinski definition) is 2. The van der Waals surface area contributed by atoms with E-state index in [-0.39, 0.29) is 11.7 Å². The molecule has 0 spiro atoms. The van der Waals surface area contributed by atoms with Crippen LogP contribution in [0.2, 0.25) is 0 Å². The number of methoxy groups -OCH3 is 1. The molecule has 1 aliphatic rings. The standard InChI is InChI=1S/C21H29N3O3S/c1-14-9-15(2)19-16(10-14)11-17(20(25)23-19)12-24(13-18-5-4-7-27-18)21(28)22-6-8-26-3/h9-11,18H,4-8,12-13H2,1-3H3,(H,22,28)(H,23,25)/t18-/m0/s1. The van der Waals surface area contributed by atoms with E-state index in [0.29, 0.717) is 36.9 Å². The Balaban J connectivity index is 1.84. The Morgan fingerprint density at radius 3 is 2.93 bits per heavy atom. The van der Waals surface area contributed by atoms with Crippen molar-refractivity contribution in [2.24, 2.45) is 0 Å². The Labute approximate surface area is 171 Å². The molecule has 0 saturated carbocycles. The molecule has 2 N–H and O–H groups in total. The first-order chi connectivity index (χ1) is 13.5. The Bertz CT molecular complexity index is 890. The minimum atomic E-state index is -0.0727. The molecule has 1 atom stereocenters. The second-order valence-electron chi connectivity index (χ2n) is 7.41. The van der Waals surface area contributed by atoms with Crippen LogP contribution in [0.25, 0.3) is 10.9 Å². The first-order valence-corrected chi connectivity index (χ1v) is 10.1. The fourth-order valence-corrected chi connectivity index (χ4v) is 3.92. The van der Waals surface area contributed by atoms with Crippen LogP contribution in [-0.2, 0) is 16.0 Å².